The number of esters is 1. The average molecular weight is 513 g/mol. The van der Waals surface area contributed by atoms with Crippen molar-refractivity contribution in [3.63, 3.8) is 0 Å². The summed E-state index contributed by atoms with van der Waals surface area (Å²) in [6.45, 7) is 4.73. The fourth-order valence-electron chi connectivity index (χ4n) is 4.53. The second-order valence-electron chi connectivity index (χ2n) is 9.20. The van der Waals surface area contributed by atoms with E-state index in [9.17, 15) is 4.79 Å². The molecule has 0 atom stereocenters. The van der Waals surface area contributed by atoms with Gasteiger partial charge in [-0.25, -0.2) is 14.8 Å². The van der Waals surface area contributed by atoms with Crippen molar-refractivity contribution >= 4 is 17.4 Å². The van der Waals surface area contributed by atoms with E-state index in [4.69, 9.17) is 14.5 Å². The van der Waals surface area contributed by atoms with E-state index in [0.717, 1.165) is 47.2 Å². The van der Waals surface area contributed by atoms with Gasteiger partial charge in [0.1, 0.15) is 17.2 Å². The molecule has 3 aromatic rings. The summed E-state index contributed by atoms with van der Waals surface area (Å²) < 4.78 is 13.9. The minimum absolute atomic E-state index is 0.282. The van der Waals surface area contributed by atoms with Gasteiger partial charge in [-0.3, -0.25) is 0 Å². The highest BCUT2D eigenvalue weighted by atomic mass is 16.5. The van der Waals surface area contributed by atoms with Crippen LogP contribution in [0, 0.1) is 0 Å². The topological polar surface area (TPSA) is 86.8 Å². The van der Waals surface area contributed by atoms with Crippen molar-refractivity contribution in [3.05, 3.63) is 78.2 Å². The number of carbonyl (C=O) groups is 1. The Balaban J connectivity index is 0.000000529. The van der Waals surface area contributed by atoms with Gasteiger partial charge in [0.15, 0.2) is 5.65 Å². The molecule has 1 aromatic carbocycles. The van der Waals surface area contributed by atoms with Crippen LogP contribution in [0.2, 0.25) is 0 Å². The lowest BCUT2D eigenvalue weighted by atomic mass is 10.1. The summed E-state index contributed by atoms with van der Waals surface area (Å²) >= 11 is 0. The van der Waals surface area contributed by atoms with Crippen LogP contribution in [0.4, 0.5) is 5.82 Å². The van der Waals surface area contributed by atoms with E-state index >= 15 is 0 Å². The van der Waals surface area contributed by atoms with Crippen LogP contribution < -0.4 is 4.90 Å². The summed E-state index contributed by atoms with van der Waals surface area (Å²) in [5, 5.41) is 4.48. The quantitative estimate of drug-likeness (QED) is 0.301. The molecule has 9 heteroatoms. The van der Waals surface area contributed by atoms with Crippen molar-refractivity contribution in [1.82, 2.24) is 24.1 Å². The Hall–Kier alpha value is -4.24. The SMILES string of the molecule is C1CCOC1.CCOC(=O)c1cnn2c(N(C)Cc3ccccc3)cc(-c3cnc4n(C)cccc3-4)nc12. The summed E-state index contributed by atoms with van der Waals surface area (Å²) in [6, 6.07) is 16.2. The largest absolute Gasteiger partial charge is 0.462 e. The molecule has 0 aliphatic carbocycles. The maximum absolute atomic E-state index is 12.6. The number of nitrogens with zero attached hydrogens (tertiary/aromatic N) is 6. The van der Waals surface area contributed by atoms with Gasteiger partial charge in [-0.05, 0) is 37.5 Å². The highest BCUT2D eigenvalue weighted by Gasteiger charge is 2.23. The average Bonchev–Trinajstić information content (AvgIpc) is 3.71. The maximum Gasteiger partial charge on any atom is 0.343 e. The Morgan fingerprint density at radius 1 is 1.08 bits per heavy atom. The van der Waals surface area contributed by atoms with Gasteiger partial charge < -0.3 is 18.9 Å². The highest BCUT2D eigenvalue weighted by Crippen LogP contribution is 2.34. The summed E-state index contributed by atoms with van der Waals surface area (Å²) in [4.78, 5) is 24.1. The first-order chi connectivity index (χ1) is 18.6. The number of benzene rings is 1. The number of ether oxygens (including phenoxy) is 2. The molecule has 0 radical (unpaired) electrons. The van der Waals surface area contributed by atoms with E-state index in [1.807, 2.05) is 67.5 Å². The van der Waals surface area contributed by atoms with Gasteiger partial charge in [0, 0.05) is 63.4 Å². The third-order valence-corrected chi connectivity index (χ3v) is 6.46. The fraction of sp³-hybridized carbons (Fsp3) is 0.310. The van der Waals surface area contributed by atoms with Crippen LogP contribution in [0.3, 0.4) is 0 Å². The standard InChI is InChI=1S/C25H24N6O2.C4H8O/c1-4-33-25(32)20-15-27-31-22(30(3)16-17-9-6-5-7-10-17)13-21(28-24(20)31)19-14-26-23-18(19)11-8-12-29(23)2;1-2-4-5-3-1/h5-15H,4,16H2,1-3H3;1-4H2. The molecule has 0 N–H and O–H groups in total. The van der Waals surface area contributed by atoms with Crippen LogP contribution in [0.25, 0.3) is 28.3 Å². The zero-order valence-electron chi connectivity index (χ0n) is 22.0. The molecule has 6 rings (SSSR count). The molecule has 3 aliphatic heterocycles. The molecular formula is C29H32N6O3. The van der Waals surface area contributed by atoms with Gasteiger partial charge in [0.2, 0.25) is 0 Å². The number of hydrogen-bond donors (Lipinski definition) is 0. The molecule has 1 fully saturated rings. The fourth-order valence-corrected chi connectivity index (χ4v) is 4.53. The second-order valence-corrected chi connectivity index (χ2v) is 9.20. The zero-order valence-corrected chi connectivity index (χ0v) is 22.0. The zero-order chi connectivity index (χ0) is 26.5. The molecule has 0 saturated carbocycles. The number of rotatable bonds is 6. The predicted octanol–water partition coefficient (Wildman–Crippen LogP) is 4.84. The van der Waals surface area contributed by atoms with E-state index in [0.29, 0.717) is 17.8 Å². The summed E-state index contributed by atoms with van der Waals surface area (Å²) in [6.07, 6.45) is 7.86. The maximum atomic E-state index is 12.6. The third-order valence-electron chi connectivity index (χ3n) is 6.46. The van der Waals surface area contributed by atoms with E-state index in [1.54, 1.807) is 11.4 Å². The van der Waals surface area contributed by atoms with E-state index in [-0.39, 0.29) is 6.61 Å². The van der Waals surface area contributed by atoms with Crippen molar-refractivity contribution in [2.45, 2.75) is 26.3 Å². The number of aromatic nitrogens is 5. The smallest absolute Gasteiger partial charge is 0.343 e. The van der Waals surface area contributed by atoms with Crippen molar-refractivity contribution in [3.8, 4) is 22.6 Å². The molecule has 0 spiro atoms. The van der Waals surface area contributed by atoms with Gasteiger partial charge in [-0.2, -0.15) is 9.61 Å². The van der Waals surface area contributed by atoms with Crippen LogP contribution in [0.15, 0.2) is 67.1 Å². The third kappa shape index (κ3) is 5.24. The highest BCUT2D eigenvalue weighted by molar-refractivity contribution is 5.96. The Bertz CT molecular complexity index is 1480. The number of anilines is 1. The molecule has 2 aromatic heterocycles. The summed E-state index contributed by atoms with van der Waals surface area (Å²) in [5.41, 5.74) is 4.56. The summed E-state index contributed by atoms with van der Waals surface area (Å²) in [5.74, 6) is 1.24. The van der Waals surface area contributed by atoms with Crippen LogP contribution in [-0.4, -0.2) is 57.0 Å². The van der Waals surface area contributed by atoms with E-state index in [1.165, 1.54) is 19.0 Å². The molecule has 5 heterocycles. The Kier molecular flexibility index (Phi) is 7.65. The Morgan fingerprint density at radius 2 is 1.87 bits per heavy atom. The molecule has 0 bridgehead atoms. The van der Waals surface area contributed by atoms with Crippen LogP contribution >= 0.6 is 0 Å². The second kappa shape index (κ2) is 11.4. The number of carbonyl (C=O) groups excluding carboxylic acids is 1. The first kappa shape index (κ1) is 25.4. The molecule has 196 valence electrons. The monoisotopic (exact) mass is 512 g/mol. The van der Waals surface area contributed by atoms with E-state index in [2.05, 4.69) is 27.1 Å². The van der Waals surface area contributed by atoms with Gasteiger partial charge in [0.05, 0.1) is 18.5 Å². The minimum atomic E-state index is -0.439. The molecule has 0 amide bonds. The predicted molar refractivity (Wildman–Crippen MR) is 146 cm³/mol. The normalized spacial score (nSPS) is 12.9. The number of pyridine rings is 1. The molecule has 3 aliphatic rings. The van der Waals surface area contributed by atoms with Crippen LogP contribution in [-0.2, 0) is 23.1 Å². The van der Waals surface area contributed by atoms with E-state index < -0.39 is 5.97 Å². The molecular weight excluding hydrogens is 480 g/mol. The van der Waals surface area contributed by atoms with Gasteiger partial charge in [0.25, 0.3) is 0 Å². The van der Waals surface area contributed by atoms with Gasteiger partial charge >= 0.3 is 5.97 Å². The minimum Gasteiger partial charge on any atom is -0.462 e. The van der Waals surface area contributed by atoms with Crippen molar-refractivity contribution < 1.29 is 14.3 Å². The van der Waals surface area contributed by atoms with Gasteiger partial charge in [-0.15, -0.1) is 0 Å². The number of hydrogen-bond acceptors (Lipinski definition) is 7. The first-order valence-electron chi connectivity index (χ1n) is 12.9. The molecule has 0 unspecified atom stereocenters. The Labute approximate surface area is 222 Å². The molecule has 38 heavy (non-hydrogen) atoms. The number of aryl methyl sites for hydroxylation is 1. The molecule has 9 nitrogen and oxygen atoms in total. The van der Waals surface area contributed by atoms with Crippen LogP contribution in [0.1, 0.15) is 35.7 Å². The van der Waals surface area contributed by atoms with Crippen molar-refractivity contribution in [2.75, 3.05) is 31.8 Å². The summed E-state index contributed by atoms with van der Waals surface area (Å²) in [7, 11) is 3.96. The van der Waals surface area contributed by atoms with Gasteiger partial charge in [-0.1, -0.05) is 30.3 Å². The lowest BCUT2D eigenvalue weighted by Crippen LogP contribution is -2.20. The lowest BCUT2D eigenvalue weighted by molar-refractivity contribution is 0.0528. The number of fused-ring (bicyclic) bond motifs is 2. The van der Waals surface area contributed by atoms with Crippen molar-refractivity contribution in [1.29, 1.82) is 0 Å². The first-order valence-corrected chi connectivity index (χ1v) is 12.9. The van der Waals surface area contributed by atoms with Crippen molar-refractivity contribution in [2.24, 2.45) is 7.05 Å². The van der Waals surface area contributed by atoms with Crippen LogP contribution in [0.5, 0.6) is 0 Å². The Morgan fingerprint density at radius 3 is 2.58 bits per heavy atom. The lowest BCUT2D eigenvalue weighted by Gasteiger charge is -2.21. The molecule has 1 saturated heterocycles.